The van der Waals surface area contributed by atoms with Crippen molar-refractivity contribution in [2.24, 2.45) is 5.92 Å². The third-order valence-electron chi connectivity index (χ3n) is 3.39. The predicted octanol–water partition coefficient (Wildman–Crippen LogP) is 3.48. The molecule has 17 heavy (non-hydrogen) atoms. The van der Waals surface area contributed by atoms with Gasteiger partial charge in [-0.25, -0.2) is 0 Å². The molecule has 0 bridgehead atoms. The van der Waals surface area contributed by atoms with Crippen molar-refractivity contribution >= 4 is 0 Å². The van der Waals surface area contributed by atoms with Gasteiger partial charge in [0.1, 0.15) is 5.75 Å². The Morgan fingerprint density at radius 2 is 2.24 bits per heavy atom. The Labute approximate surface area is 104 Å². The van der Waals surface area contributed by atoms with Crippen LogP contribution in [0, 0.1) is 5.92 Å². The molecule has 0 radical (unpaired) electrons. The lowest BCUT2D eigenvalue weighted by Crippen LogP contribution is -2.11. The van der Waals surface area contributed by atoms with Crippen LogP contribution >= 0.6 is 0 Å². The summed E-state index contributed by atoms with van der Waals surface area (Å²) in [5.74, 6) is 1.64. The zero-order valence-corrected chi connectivity index (χ0v) is 10.8. The maximum atomic E-state index is 9.94. The molecule has 1 unspecified atom stereocenters. The predicted molar refractivity (Wildman–Crippen MR) is 69.3 cm³/mol. The Balaban J connectivity index is 2.09. The van der Waals surface area contributed by atoms with Gasteiger partial charge in [0.2, 0.25) is 0 Å². The summed E-state index contributed by atoms with van der Waals surface area (Å²) in [7, 11) is 0. The quantitative estimate of drug-likeness (QED) is 0.864. The molecular formula is C15H22O2. The first-order valence-electron chi connectivity index (χ1n) is 6.61. The van der Waals surface area contributed by atoms with Crippen molar-refractivity contribution in [1.29, 1.82) is 0 Å². The Morgan fingerprint density at radius 1 is 1.41 bits per heavy atom. The molecule has 1 aromatic carbocycles. The number of hydrogen-bond acceptors (Lipinski definition) is 2. The molecule has 0 aliphatic heterocycles. The molecule has 2 rings (SSSR count). The second-order valence-corrected chi connectivity index (χ2v) is 5.26. The van der Waals surface area contributed by atoms with Crippen LogP contribution in [0.1, 0.15) is 50.3 Å². The standard InChI is InChI=1S/C15H22O2/c1-11(2)9-10-17-15-8-4-5-12-13(15)6-3-7-14(12)16/h4-5,8,11,14,16H,3,6-7,9-10H2,1-2H3. The Bertz CT molecular complexity index is 371. The molecule has 1 aromatic rings. The van der Waals surface area contributed by atoms with Crippen LogP contribution in [0.25, 0.3) is 0 Å². The maximum Gasteiger partial charge on any atom is 0.122 e. The minimum Gasteiger partial charge on any atom is -0.493 e. The van der Waals surface area contributed by atoms with Gasteiger partial charge in [-0.3, -0.25) is 0 Å². The van der Waals surface area contributed by atoms with Gasteiger partial charge in [-0.2, -0.15) is 0 Å². The van der Waals surface area contributed by atoms with E-state index in [9.17, 15) is 5.11 Å². The molecule has 1 aliphatic rings. The zero-order valence-electron chi connectivity index (χ0n) is 10.8. The molecule has 2 nitrogen and oxygen atoms in total. The lowest BCUT2D eigenvalue weighted by atomic mass is 9.89. The minimum atomic E-state index is -0.299. The van der Waals surface area contributed by atoms with E-state index in [4.69, 9.17) is 4.74 Å². The molecule has 0 saturated carbocycles. The number of fused-ring (bicyclic) bond motifs is 1. The number of rotatable bonds is 4. The highest BCUT2D eigenvalue weighted by Crippen LogP contribution is 2.35. The van der Waals surface area contributed by atoms with Crippen molar-refractivity contribution in [3.8, 4) is 5.75 Å². The maximum absolute atomic E-state index is 9.94. The number of aliphatic hydroxyl groups is 1. The Morgan fingerprint density at radius 3 is 3.00 bits per heavy atom. The molecule has 1 N–H and O–H groups in total. The van der Waals surface area contributed by atoms with Crippen LogP contribution in [-0.2, 0) is 6.42 Å². The highest BCUT2D eigenvalue weighted by Gasteiger charge is 2.20. The van der Waals surface area contributed by atoms with Gasteiger partial charge >= 0.3 is 0 Å². The monoisotopic (exact) mass is 234 g/mol. The van der Waals surface area contributed by atoms with Crippen LogP contribution in [-0.4, -0.2) is 11.7 Å². The van der Waals surface area contributed by atoms with Gasteiger partial charge in [0.25, 0.3) is 0 Å². The van der Waals surface area contributed by atoms with Gasteiger partial charge < -0.3 is 9.84 Å². The van der Waals surface area contributed by atoms with E-state index >= 15 is 0 Å². The van der Waals surface area contributed by atoms with Crippen molar-refractivity contribution in [2.45, 2.75) is 45.6 Å². The van der Waals surface area contributed by atoms with E-state index in [1.165, 1.54) is 5.56 Å². The molecule has 0 amide bonds. The largest absolute Gasteiger partial charge is 0.493 e. The van der Waals surface area contributed by atoms with Crippen LogP contribution in [0.15, 0.2) is 18.2 Å². The molecule has 0 spiro atoms. The number of hydrogen-bond donors (Lipinski definition) is 1. The molecule has 0 aromatic heterocycles. The van der Waals surface area contributed by atoms with Crippen LogP contribution in [0.2, 0.25) is 0 Å². The molecular weight excluding hydrogens is 212 g/mol. The van der Waals surface area contributed by atoms with Gasteiger partial charge in [-0.05, 0) is 48.8 Å². The van der Waals surface area contributed by atoms with Gasteiger partial charge in [-0.15, -0.1) is 0 Å². The Hall–Kier alpha value is -1.02. The molecule has 94 valence electrons. The number of ether oxygens (including phenoxy) is 1. The lowest BCUT2D eigenvalue weighted by molar-refractivity contribution is 0.155. The summed E-state index contributed by atoms with van der Waals surface area (Å²) >= 11 is 0. The van der Waals surface area contributed by atoms with Crippen molar-refractivity contribution in [3.05, 3.63) is 29.3 Å². The van der Waals surface area contributed by atoms with Crippen molar-refractivity contribution in [1.82, 2.24) is 0 Å². The van der Waals surface area contributed by atoms with E-state index in [2.05, 4.69) is 13.8 Å². The summed E-state index contributed by atoms with van der Waals surface area (Å²) in [4.78, 5) is 0. The molecule has 2 heteroatoms. The van der Waals surface area contributed by atoms with Crippen LogP contribution in [0.3, 0.4) is 0 Å². The van der Waals surface area contributed by atoms with E-state index in [1.54, 1.807) is 0 Å². The van der Waals surface area contributed by atoms with E-state index in [0.717, 1.165) is 43.6 Å². The van der Waals surface area contributed by atoms with Crippen LogP contribution in [0.5, 0.6) is 5.75 Å². The fourth-order valence-electron chi connectivity index (χ4n) is 2.33. The highest BCUT2D eigenvalue weighted by atomic mass is 16.5. The van der Waals surface area contributed by atoms with Crippen molar-refractivity contribution in [2.75, 3.05) is 6.61 Å². The highest BCUT2D eigenvalue weighted by molar-refractivity contribution is 5.42. The second-order valence-electron chi connectivity index (χ2n) is 5.26. The van der Waals surface area contributed by atoms with E-state index in [1.807, 2.05) is 18.2 Å². The fraction of sp³-hybridized carbons (Fsp3) is 0.600. The molecule has 1 atom stereocenters. The first-order valence-corrected chi connectivity index (χ1v) is 6.61. The lowest BCUT2D eigenvalue weighted by Gasteiger charge is -2.23. The Kier molecular flexibility index (Phi) is 4.06. The van der Waals surface area contributed by atoms with Crippen LogP contribution in [0.4, 0.5) is 0 Å². The topological polar surface area (TPSA) is 29.5 Å². The summed E-state index contributed by atoms with van der Waals surface area (Å²) in [6.45, 7) is 5.17. The summed E-state index contributed by atoms with van der Waals surface area (Å²) < 4.78 is 5.85. The first-order chi connectivity index (χ1) is 8.18. The van der Waals surface area contributed by atoms with E-state index in [0.29, 0.717) is 5.92 Å². The third-order valence-corrected chi connectivity index (χ3v) is 3.39. The zero-order chi connectivity index (χ0) is 12.3. The van der Waals surface area contributed by atoms with Gasteiger partial charge in [0, 0.05) is 0 Å². The van der Waals surface area contributed by atoms with Crippen molar-refractivity contribution < 1.29 is 9.84 Å². The van der Waals surface area contributed by atoms with E-state index in [-0.39, 0.29) is 6.10 Å². The fourth-order valence-corrected chi connectivity index (χ4v) is 2.33. The average Bonchev–Trinajstić information content (AvgIpc) is 2.30. The van der Waals surface area contributed by atoms with E-state index < -0.39 is 0 Å². The van der Waals surface area contributed by atoms with Crippen molar-refractivity contribution in [3.63, 3.8) is 0 Å². The van der Waals surface area contributed by atoms with Gasteiger partial charge in [0.15, 0.2) is 0 Å². The molecule has 0 fully saturated rings. The average molecular weight is 234 g/mol. The van der Waals surface area contributed by atoms with Gasteiger partial charge in [-0.1, -0.05) is 26.0 Å². The third kappa shape index (κ3) is 3.01. The molecule has 0 saturated heterocycles. The number of benzene rings is 1. The smallest absolute Gasteiger partial charge is 0.122 e. The summed E-state index contributed by atoms with van der Waals surface area (Å²) in [5.41, 5.74) is 2.29. The SMILES string of the molecule is CC(C)CCOc1cccc2c1CCCC2O. The van der Waals surface area contributed by atoms with Crippen LogP contribution < -0.4 is 4.74 Å². The molecule has 0 heterocycles. The normalized spacial score (nSPS) is 19.2. The van der Waals surface area contributed by atoms with Gasteiger partial charge in [0.05, 0.1) is 12.7 Å². The second kappa shape index (κ2) is 5.54. The first kappa shape index (κ1) is 12.4. The summed E-state index contributed by atoms with van der Waals surface area (Å²) in [6, 6.07) is 6.03. The molecule has 1 aliphatic carbocycles. The summed E-state index contributed by atoms with van der Waals surface area (Å²) in [6.07, 6.45) is 3.74. The minimum absolute atomic E-state index is 0.299. The summed E-state index contributed by atoms with van der Waals surface area (Å²) in [5, 5.41) is 9.94. The number of aliphatic hydroxyl groups excluding tert-OH is 1.